The summed E-state index contributed by atoms with van der Waals surface area (Å²) in [5.74, 6) is 1.19. The summed E-state index contributed by atoms with van der Waals surface area (Å²) in [4.78, 5) is 12.2. The number of amides is 1. The molecule has 1 fully saturated rings. The van der Waals surface area contributed by atoms with Crippen molar-refractivity contribution in [1.82, 2.24) is 5.32 Å². The number of aliphatic hydroxyl groups excluding tert-OH is 1. The number of carbonyl (C=O) groups is 1. The average Bonchev–Trinajstić information content (AvgIpc) is 3.26. The van der Waals surface area contributed by atoms with Crippen molar-refractivity contribution in [2.24, 2.45) is 11.8 Å². The molecule has 0 heterocycles. The molecule has 1 saturated carbocycles. The zero-order valence-electron chi connectivity index (χ0n) is 12.1. The van der Waals surface area contributed by atoms with Gasteiger partial charge in [0.25, 0.3) is 5.91 Å². The molecule has 1 aromatic rings. The Kier molecular flexibility index (Phi) is 5.01. The Morgan fingerprint density at radius 1 is 1.40 bits per heavy atom. The number of hydrogen-bond acceptors (Lipinski definition) is 3. The molecule has 4 nitrogen and oxygen atoms in total. The molecule has 110 valence electrons. The number of benzene rings is 1. The maximum Gasteiger partial charge on any atom is 0.255 e. The first-order valence-electron chi connectivity index (χ1n) is 7.26. The first kappa shape index (κ1) is 14.9. The SMILES string of the molecule is CC(C)C(O)CNC(=O)c1ccccc1OCC1CC1. The highest BCUT2D eigenvalue weighted by Gasteiger charge is 2.23. The van der Waals surface area contributed by atoms with Crippen LogP contribution >= 0.6 is 0 Å². The van der Waals surface area contributed by atoms with Crippen LogP contribution in [0.1, 0.15) is 37.0 Å². The summed E-state index contributed by atoms with van der Waals surface area (Å²) in [6.45, 7) is 4.78. The molecular formula is C16H23NO3. The van der Waals surface area contributed by atoms with Crippen LogP contribution in [0.25, 0.3) is 0 Å². The van der Waals surface area contributed by atoms with Crippen LogP contribution < -0.4 is 10.1 Å². The molecule has 0 bridgehead atoms. The van der Waals surface area contributed by atoms with Crippen LogP contribution in [0, 0.1) is 11.8 Å². The van der Waals surface area contributed by atoms with Crippen molar-refractivity contribution in [2.75, 3.05) is 13.2 Å². The van der Waals surface area contributed by atoms with Gasteiger partial charge in [0.05, 0.1) is 18.3 Å². The summed E-state index contributed by atoms with van der Waals surface area (Å²) in [6, 6.07) is 7.25. The maximum absolute atomic E-state index is 12.2. The van der Waals surface area contributed by atoms with E-state index in [1.54, 1.807) is 6.07 Å². The number of rotatable bonds is 7. The number of nitrogens with one attached hydrogen (secondary N) is 1. The van der Waals surface area contributed by atoms with Gasteiger partial charge in [0.15, 0.2) is 0 Å². The van der Waals surface area contributed by atoms with Crippen molar-refractivity contribution in [3.8, 4) is 5.75 Å². The summed E-state index contributed by atoms with van der Waals surface area (Å²) < 4.78 is 5.71. The first-order chi connectivity index (χ1) is 9.58. The van der Waals surface area contributed by atoms with Crippen LogP contribution in [0.5, 0.6) is 5.75 Å². The molecule has 1 atom stereocenters. The molecule has 1 aliphatic carbocycles. The Morgan fingerprint density at radius 3 is 2.75 bits per heavy atom. The fourth-order valence-corrected chi connectivity index (χ4v) is 1.80. The summed E-state index contributed by atoms with van der Waals surface area (Å²) in [5, 5.41) is 12.5. The quantitative estimate of drug-likeness (QED) is 0.803. The van der Waals surface area contributed by atoms with Crippen LogP contribution in [0.4, 0.5) is 0 Å². The van der Waals surface area contributed by atoms with E-state index >= 15 is 0 Å². The largest absolute Gasteiger partial charge is 0.492 e. The van der Waals surface area contributed by atoms with E-state index in [2.05, 4.69) is 5.32 Å². The lowest BCUT2D eigenvalue weighted by molar-refractivity contribution is 0.0867. The molecule has 4 heteroatoms. The van der Waals surface area contributed by atoms with Gasteiger partial charge in [0.1, 0.15) is 5.75 Å². The van der Waals surface area contributed by atoms with Crippen LogP contribution in [0.15, 0.2) is 24.3 Å². The van der Waals surface area contributed by atoms with Crippen molar-refractivity contribution in [3.63, 3.8) is 0 Å². The van der Waals surface area contributed by atoms with Crippen molar-refractivity contribution in [1.29, 1.82) is 0 Å². The zero-order chi connectivity index (χ0) is 14.5. The van der Waals surface area contributed by atoms with Crippen molar-refractivity contribution < 1.29 is 14.6 Å². The monoisotopic (exact) mass is 277 g/mol. The molecule has 0 aromatic heterocycles. The minimum Gasteiger partial charge on any atom is -0.492 e. The molecule has 0 spiro atoms. The smallest absolute Gasteiger partial charge is 0.255 e. The number of aliphatic hydroxyl groups is 1. The Morgan fingerprint density at radius 2 is 2.10 bits per heavy atom. The van der Waals surface area contributed by atoms with Crippen LogP contribution in [-0.2, 0) is 0 Å². The third-order valence-corrected chi connectivity index (χ3v) is 3.54. The average molecular weight is 277 g/mol. The lowest BCUT2D eigenvalue weighted by atomic mass is 10.1. The molecule has 0 saturated heterocycles. The molecule has 20 heavy (non-hydrogen) atoms. The second-order valence-electron chi connectivity index (χ2n) is 5.77. The molecule has 1 aromatic carbocycles. The Balaban J connectivity index is 1.93. The molecule has 1 unspecified atom stereocenters. The van der Waals surface area contributed by atoms with Crippen molar-refractivity contribution >= 4 is 5.91 Å². The molecule has 1 amide bonds. The summed E-state index contributed by atoms with van der Waals surface area (Å²) >= 11 is 0. The lowest BCUT2D eigenvalue weighted by Gasteiger charge is -2.16. The van der Waals surface area contributed by atoms with E-state index in [9.17, 15) is 9.90 Å². The Labute approximate surface area is 120 Å². The van der Waals surface area contributed by atoms with E-state index in [4.69, 9.17) is 4.74 Å². The highest BCUT2D eigenvalue weighted by molar-refractivity contribution is 5.96. The normalized spacial score (nSPS) is 16.0. The van der Waals surface area contributed by atoms with E-state index < -0.39 is 6.10 Å². The van der Waals surface area contributed by atoms with Gasteiger partial charge in [-0.15, -0.1) is 0 Å². The third kappa shape index (κ3) is 4.23. The van der Waals surface area contributed by atoms with E-state index in [-0.39, 0.29) is 18.4 Å². The molecule has 1 aliphatic rings. The second kappa shape index (κ2) is 6.75. The van der Waals surface area contributed by atoms with Gasteiger partial charge in [0.2, 0.25) is 0 Å². The second-order valence-corrected chi connectivity index (χ2v) is 5.77. The molecule has 0 radical (unpaired) electrons. The maximum atomic E-state index is 12.2. The summed E-state index contributed by atoms with van der Waals surface area (Å²) in [6.07, 6.45) is 1.91. The summed E-state index contributed by atoms with van der Waals surface area (Å²) in [7, 11) is 0. The predicted molar refractivity (Wildman–Crippen MR) is 77.8 cm³/mol. The zero-order valence-corrected chi connectivity index (χ0v) is 12.1. The predicted octanol–water partition coefficient (Wildman–Crippen LogP) is 2.22. The summed E-state index contributed by atoms with van der Waals surface area (Å²) in [5.41, 5.74) is 0.532. The van der Waals surface area contributed by atoms with Crippen molar-refractivity contribution in [3.05, 3.63) is 29.8 Å². The van der Waals surface area contributed by atoms with Gasteiger partial charge in [-0.2, -0.15) is 0 Å². The van der Waals surface area contributed by atoms with Crippen molar-refractivity contribution in [2.45, 2.75) is 32.8 Å². The van der Waals surface area contributed by atoms with Crippen LogP contribution in [0.3, 0.4) is 0 Å². The number of ether oxygens (including phenoxy) is 1. The molecule has 2 N–H and O–H groups in total. The minimum atomic E-state index is -0.529. The molecule has 2 rings (SSSR count). The van der Waals surface area contributed by atoms with E-state index in [1.807, 2.05) is 32.0 Å². The number of carbonyl (C=O) groups excluding carboxylic acids is 1. The highest BCUT2D eigenvalue weighted by atomic mass is 16.5. The van der Waals surface area contributed by atoms with Gasteiger partial charge in [0, 0.05) is 6.54 Å². The fraction of sp³-hybridized carbons (Fsp3) is 0.562. The van der Waals surface area contributed by atoms with Crippen LogP contribution in [0.2, 0.25) is 0 Å². The fourth-order valence-electron chi connectivity index (χ4n) is 1.80. The van der Waals surface area contributed by atoms with Gasteiger partial charge in [-0.25, -0.2) is 0 Å². The topological polar surface area (TPSA) is 58.6 Å². The van der Waals surface area contributed by atoms with Gasteiger partial charge in [-0.3, -0.25) is 4.79 Å². The van der Waals surface area contributed by atoms with Gasteiger partial charge >= 0.3 is 0 Å². The van der Waals surface area contributed by atoms with Gasteiger partial charge in [-0.05, 0) is 36.8 Å². The number of hydrogen-bond donors (Lipinski definition) is 2. The number of para-hydroxylation sites is 1. The van der Waals surface area contributed by atoms with Gasteiger partial charge < -0.3 is 15.2 Å². The molecule has 0 aliphatic heterocycles. The lowest BCUT2D eigenvalue weighted by Crippen LogP contribution is -2.34. The molecular weight excluding hydrogens is 254 g/mol. The Hall–Kier alpha value is -1.55. The van der Waals surface area contributed by atoms with E-state index in [0.29, 0.717) is 23.8 Å². The Bertz CT molecular complexity index is 455. The van der Waals surface area contributed by atoms with E-state index in [1.165, 1.54) is 12.8 Å². The van der Waals surface area contributed by atoms with Crippen LogP contribution in [-0.4, -0.2) is 30.3 Å². The minimum absolute atomic E-state index is 0.122. The standard InChI is InChI=1S/C16H23NO3/c1-11(2)14(18)9-17-16(19)13-5-3-4-6-15(13)20-10-12-7-8-12/h3-6,11-12,14,18H,7-10H2,1-2H3,(H,17,19). The highest BCUT2D eigenvalue weighted by Crippen LogP contribution is 2.30. The van der Waals surface area contributed by atoms with Gasteiger partial charge in [-0.1, -0.05) is 26.0 Å². The third-order valence-electron chi connectivity index (χ3n) is 3.54. The van der Waals surface area contributed by atoms with E-state index in [0.717, 1.165) is 0 Å². The first-order valence-corrected chi connectivity index (χ1v) is 7.26.